The van der Waals surface area contributed by atoms with Crippen LogP contribution in [0.3, 0.4) is 0 Å². The fraction of sp³-hybridized carbons (Fsp3) is 0.308. The molecule has 2 nitrogen and oxygen atoms in total. The molecule has 0 fully saturated rings. The highest BCUT2D eigenvalue weighted by molar-refractivity contribution is 7.09. The van der Waals surface area contributed by atoms with E-state index in [0.29, 0.717) is 12.1 Å². The first-order chi connectivity index (χ1) is 8.16. The van der Waals surface area contributed by atoms with E-state index in [1.807, 2.05) is 11.4 Å². The first-order valence-corrected chi connectivity index (χ1v) is 6.42. The van der Waals surface area contributed by atoms with Crippen molar-refractivity contribution in [1.29, 1.82) is 0 Å². The molecule has 1 heterocycles. The van der Waals surface area contributed by atoms with Crippen LogP contribution in [0.5, 0.6) is 0 Å². The normalized spacial score (nSPS) is 12.6. The molecule has 0 bridgehead atoms. The van der Waals surface area contributed by atoms with E-state index in [9.17, 15) is 4.39 Å². The summed E-state index contributed by atoms with van der Waals surface area (Å²) < 4.78 is 13.3. The van der Waals surface area contributed by atoms with Gasteiger partial charge in [0.15, 0.2) is 0 Å². The summed E-state index contributed by atoms with van der Waals surface area (Å²) in [6.45, 7) is 4.48. The van der Waals surface area contributed by atoms with Crippen molar-refractivity contribution in [3.8, 4) is 0 Å². The van der Waals surface area contributed by atoms with Crippen LogP contribution < -0.4 is 5.32 Å². The summed E-state index contributed by atoms with van der Waals surface area (Å²) in [6, 6.07) is 5.52. The van der Waals surface area contributed by atoms with E-state index in [2.05, 4.69) is 17.2 Å². The molecule has 1 atom stereocenters. The van der Waals surface area contributed by atoms with E-state index in [0.717, 1.165) is 10.6 Å². The fourth-order valence-electron chi connectivity index (χ4n) is 1.55. The molecule has 0 radical (unpaired) electrons. The Labute approximate surface area is 105 Å². The summed E-state index contributed by atoms with van der Waals surface area (Å²) in [5.41, 5.74) is 1.64. The predicted octanol–water partition coefficient (Wildman–Crippen LogP) is 3.44. The second kappa shape index (κ2) is 5.38. The van der Waals surface area contributed by atoms with Gasteiger partial charge in [-0.15, -0.1) is 11.3 Å². The number of nitrogens with zero attached hydrogens (tertiary/aromatic N) is 1. The summed E-state index contributed by atoms with van der Waals surface area (Å²) in [6.07, 6.45) is 1.80. The van der Waals surface area contributed by atoms with Gasteiger partial charge in [0, 0.05) is 18.1 Å². The summed E-state index contributed by atoms with van der Waals surface area (Å²) >= 11 is 1.62. The summed E-state index contributed by atoms with van der Waals surface area (Å²) in [4.78, 5) is 4.24. The molecule has 1 N–H and O–H groups in total. The maximum atomic E-state index is 13.3. The van der Waals surface area contributed by atoms with Crippen LogP contribution in [-0.4, -0.2) is 4.98 Å². The van der Waals surface area contributed by atoms with E-state index < -0.39 is 0 Å². The molecule has 2 rings (SSSR count). The van der Waals surface area contributed by atoms with Crippen LogP contribution in [0.25, 0.3) is 0 Å². The number of rotatable bonds is 4. The lowest BCUT2D eigenvalue weighted by Crippen LogP contribution is -2.17. The van der Waals surface area contributed by atoms with Crippen LogP contribution in [0.2, 0.25) is 0 Å². The SMILES string of the molecule is Cc1ccc(CNC(C)c2nccs2)cc1F. The average molecular weight is 250 g/mol. The van der Waals surface area contributed by atoms with Gasteiger partial charge in [-0.2, -0.15) is 0 Å². The minimum atomic E-state index is -0.147. The van der Waals surface area contributed by atoms with E-state index in [-0.39, 0.29) is 11.9 Å². The third kappa shape index (κ3) is 3.11. The molecular weight excluding hydrogens is 235 g/mol. The highest BCUT2D eigenvalue weighted by Crippen LogP contribution is 2.16. The standard InChI is InChI=1S/C13H15FN2S/c1-9-3-4-11(7-12(9)14)8-16-10(2)13-15-5-6-17-13/h3-7,10,16H,8H2,1-2H3. The number of halogens is 1. The van der Waals surface area contributed by atoms with Crippen molar-refractivity contribution in [3.63, 3.8) is 0 Å². The number of hydrogen-bond acceptors (Lipinski definition) is 3. The van der Waals surface area contributed by atoms with Crippen molar-refractivity contribution in [2.75, 3.05) is 0 Å². The summed E-state index contributed by atoms with van der Waals surface area (Å²) in [7, 11) is 0. The van der Waals surface area contributed by atoms with Gasteiger partial charge in [-0.25, -0.2) is 9.37 Å². The van der Waals surface area contributed by atoms with Crippen LogP contribution in [0.15, 0.2) is 29.8 Å². The Morgan fingerprint density at radius 1 is 1.47 bits per heavy atom. The van der Waals surface area contributed by atoms with Gasteiger partial charge in [0.2, 0.25) is 0 Å². The maximum absolute atomic E-state index is 13.3. The quantitative estimate of drug-likeness (QED) is 0.899. The third-order valence-electron chi connectivity index (χ3n) is 2.67. The Morgan fingerprint density at radius 3 is 2.94 bits per heavy atom. The second-order valence-corrected chi connectivity index (χ2v) is 4.98. The Hall–Kier alpha value is -1.26. The molecule has 0 aliphatic carbocycles. The highest BCUT2D eigenvalue weighted by atomic mass is 32.1. The van der Waals surface area contributed by atoms with Gasteiger partial charge in [0.05, 0.1) is 6.04 Å². The minimum Gasteiger partial charge on any atom is -0.304 e. The highest BCUT2D eigenvalue weighted by Gasteiger charge is 2.07. The topological polar surface area (TPSA) is 24.9 Å². The lowest BCUT2D eigenvalue weighted by atomic mass is 10.1. The molecule has 17 heavy (non-hydrogen) atoms. The Bertz CT molecular complexity index is 482. The zero-order valence-corrected chi connectivity index (χ0v) is 10.7. The molecule has 0 spiro atoms. The van der Waals surface area contributed by atoms with Crippen molar-refractivity contribution in [2.45, 2.75) is 26.4 Å². The number of hydrogen-bond donors (Lipinski definition) is 1. The summed E-state index contributed by atoms with van der Waals surface area (Å²) in [5, 5.41) is 6.34. The van der Waals surface area contributed by atoms with E-state index >= 15 is 0 Å². The molecular formula is C13H15FN2S. The van der Waals surface area contributed by atoms with Crippen LogP contribution >= 0.6 is 11.3 Å². The average Bonchev–Trinajstić information content (AvgIpc) is 2.84. The number of benzene rings is 1. The van der Waals surface area contributed by atoms with Gasteiger partial charge in [0.25, 0.3) is 0 Å². The molecule has 0 saturated carbocycles. The molecule has 1 aromatic heterocycles. The van der Waals surface area contributed by atoms with Gasteiger partial charge in [-0.3, -0.25) is 0 Å². The van der Waals surface area contributed by atoms with Crippen molar-refractivity contribution in [2.24, 2.45) is 0 Å². The number of aryl methyl sites for hydroxylation is 1. The molecule has 0 amide bonds. The Balaban J connectivity index is 1.96. The molecule has 1 unspecified atom stereocenters. The van der Waals surface area contributed by atoms with Gasteiger partial charge in [-0.05, 0) is 31.0 Å². The molecule has 90 valence electrons. The minimum absolute atomic E-state index is 0.147. The van der Waals surface area contributed by atoms with Crippen molar-refractivity contribution >= 4 is 11.3 Å². The number of aromatic nitrogens is 1. The Kier molecular flexibility index (Phi) is 3.86. The third-order valence-corrected chi connectivity index (χ3v) is 3.63. The first kappa shape index (κ1) is 12.2. The van der Waals surface area contributed by atoms with Crippen LogP contribution in [-0.2, 0) is 6.54 Å². The van der Waals surface area contributed by atoms with Crippen LogP contribution in [0.1, 0.15) is 29.1 Å². The lowest BCUT2D eigenvalue weighted by Gasteiger charge is -2.11. The molecule has 0 aliphatic rings. The fourth-order valence-corrected chi connectivity index (χ4v) is 2.22. The zero-order chi connectivity index (χ0) is 12.3. The molecule has 2 aromatic rings. The predicted molar refractivity (Wildman–Crippen MR) is 68.5 cm³/mol. The van der Waals surface area contributed by atoms with Gasteiger partial charge in [-0.1, -0.05) is 12.1 Å². The molecule has 4 heteroatoms. The first-order valence-electron chi connectivity index (χ1n) is 5.54. The van der Waals surface area contributed by atoms with Crippen LogP contribution in [0, 0.1) is 12.7 Å². The molecule has 0 saturated heterocycles. The monoisotopic (exact) mass is 250 g/mol. The lowest BCUT2D eigenvalue weighted by molar-refractivity contribution is 0.565. The van der Waals surface area contributed by atoms with Gasteiger partial charge < -0.3 is 5.32 Å². The van der Waals surface area contributed by atoms with Crippen molar-refractivity contribution in [3.05, 3.63) is 51.7 Å². The zero-order valence-electron chi connectivity index (χ0n) is 9.90. The largest absolute Gasteiger partial charge is 0.304 e. The number of nitrogens with one attached hydrogen (secondary N) is 1. The van der Waals surface area contributed by atoms with Gasteiger partial charge in [0.1, 0.15) is 10.8 Å². The van der Waals surface area contributed by atoms with Crippen molar-refractivity contribution in [1.82, 2.24) is 10.3 Å². The Morgan fingerprint density at radius 2 is 2.29 bits per heavy atom. The second-order valence-electron chi connectivity index (χ2n) is 4.06. The molecule has 0 aliphatic heterocycles. The van der Waals surface area contributed by atoms with E-state index in [4.69, 9.17) is 0 Å². The van der Waals surface area contributed by atoms with Crippen LogP contribution in [0.4, 0.5) is 4.39 Å². The molecule has 1 aromatic carbocycles. The van der Waals surface area contributed by atoms with Gasteiger partial charge >= 0.3 is 0 Å². The smallest absolute Gasteiger partial charge is 0.126 e. The van der Waals surface area contributed by atoms with E-state index in [1.165, 1.54) is 0 Å². The maximum Gasteiger partial charge on any atom is 0.126 e. The van der Waals surface area contributed by atoms with Crippen molar-refractivity contribution < 1.29 is 4.39 Å². The van der Waals surface area contributed by atoms with E-state index in [1.54, 1.807) is 36.6 Å². The summed E-state index contributed by atoms with van der Waals surface area (Å²) in [5.74, 6) is -0.147. The number of thiazole rings is 1.